The Balaban J connectivity index is 1.27. The van der Waals surface area contributed by atoms with Crippen LogP contribution in [0.1, 0.15) is 5.56 Å². The van der Waals surface area contributed by atoms with Crippen molar-refractivity contribution in [2.75, 3.05) is 0 Å². The molecule has 10 rings (SSSR count). The standard InChI is InChI=1S/C47H29N5/c48-30-31-19-21-32(22-20-31)33-23-25-35(26-24-33)42-29-41(34-11-3-1-4-12-34)49-47(50-42)52-44-18-10-8-16-38(44)40-28-27-39-37-15-7-9-17-43(37)51(45(39)46(40)52)36-13-5-2-6-14-36/h1-29H. The zero-order valence-electron chi connectivity index (χ0n) is 28.0. The summed E-state index contributed by atoms with van der Waals surface area (Å²) in [4.78, 5) is 10.7. The smallest absolute Gasteiger partial charge is 0.235 e. The number of hydrogen-bond acceptors (Lipinski definition) is 3. The fourth-order valence-corrected chi connectivity index (χ4v) is 7.56. The molecular formula is C47H29N5. The molecule has 0 aliphatic rings. The Morgan fingerprint density at radius 2 is 0.865 bits per heavy atom. The van der Waals surface area contributed by atoms with Crippen LogP contribution in [0.5, 0.6) is 0 Å². The van der Waals surface area contributed by atoms with E-state index in [-0.39, 0.29) is 0 Å². The van der Waals surface area contributed by atoms with Crippen molar-refractivity contribution >= 4 is 43.6 Å². The number of benzene rings is 7. The lowest BCUT2D eigenvalue weighted by Gasteiger charge is -2.14. The highest BCUT2D eigenvalue weighted by atomic mass is 15.2. The van der Waals surface area contributed by atoms with Gasteiger partial charge in [0.2, 0.25) is 5.95 Å². The molecular weight excluding hydrogens is 635 g/mol. The maximum absolute atomic E-state index is 9.26. The summed E-state index contributed by atoms with van der Waals surface area (Å²) < 4.78 is 4.64. The second kappa shape index (κ2) is 11.9. The van der Waals surface area contributed by atoms with E-state index in [1.54, 1.807) is 0 Å². The highest BCUT2D eigenvalue weighted by Crippen LogP contribution is 2.41. The first-order chi connectivity index (χ1) is 25.7. The molecule has 0 bridgehead atoms. The lowest BCUT2D eigenvalue weighted by atomic mass is 10.0. The molecule has 3 aromatic heterocycles. The van der Waals surface area contributed by atoms with Crippen molar-refractivity contribution in [1.29, 1.82) is 5.26 Å². The SMILES string of the molecule is N#Cc1ccc(-c2ccc(-c3cc(-c4ccccc4)nc(-n4c5ccccc5c5ccc6c7ccccc7n(-c7ccccc7)c6c54)n3)cc2)cc1. The first-order valence-electron chi connectivity index (χ1n) is 17.3. The molecule has 52 heavy (non-hydrogen) atoms. The van der Waals surface area contributed by atoms with Crippen LogP contribution in [0.2, 0.25) is 0 Å². The molecule has 242 valence electrons. The third-order valence-electron chi connectivity index (χ3n) is 9.99. The van der Waals surface area contributed by atoms with Gasteiger partial charge >= 0.3 is 0 Å². The minimum Gasteiger partial charge on any atom is -0.307 e. The highest BCUT2D eigenvalue weighted by Gasteiger charge is 2.23. The summed E-state index contributed by atoms with van der Waals surface area (Å²) in [7, 11) is 0. The molecule has 0 atom stereocenters. The molecule has 0 amide bonds. The maximum atomic E-state index is 9.26. The predicted octanol–water partition coefficient (Wildman–Crippen LogP) is 11.5. The largest absolute Gasteiger partial charge is 0.307 e. The van der Waals surface area contributed by atoms with Gasteiger partial charge in [0.15, 0.2) is 0 Å². The number of para-hydroxylation sites is 3. The predicted molar refractivity (Wildman–Crippen MR) is 212 cm³/mol. The van der Waals surface area contributed by atoms with Crippen LogP contribution in [0, 0.1) is 11.3 Å². The highest BCUT2D eigenvalue weighted by molar-refractivity contribution is 6.23. The number of hydrogen-bond donors (Lipinski definition) is 0. The minimum absolute atomic E-state index is 0.607. The number of rotatable bonds is 5. The van der Waals surface area contributed by atoms with Crippen LogP contribution >= 0.6 is 0 Å². The van der Waals surface area contributed by atoms with Gasteiger partial charge in [0, 0.05) is 38.4 Å². The van der Waals surface area contributed by atoms with Crippen molar-refractivity contribution in [3.05, 3.63) is 181 Å². The van der Waals surface area contributed by atoms with Gasteiger partial charge < -0.3 is 4.57 Å². The van der Waals surface area contributed by atoms with Gasteiger partial charge in [-0.2, -0.15) is 5.26 Å². The van der Waals surface area contributed by atoms with Crippen molar-refractivity contribution < 1.29 is 0 Å². The summed E-state index contributed by atoms with van der Waals surface area (Å²) in [6.45, 7) is 0. The zero-order valence-corrected chi connectivity index (χ0v) is 28.0. The van der Waals surface area contributed by atoms with Gasteiger partial charge in [0.1, 0.15) is 0 Å². The van der Waals surface area contributed by atoms with Crippen LogP contribution in [-0.2, 0) is 0 Å². The van der Waals surface area contributed by atoms with E-state index in [2.05, 4.69) is 149 Å². The molecule has 0 saturated heterocycles. The lowest BCUT2D eigenvalue weighted by Crippen LogP contribution is -2.05. The fraction of sp³-hybridized carbons (Fsp3) is 0. The molecule has 0 unspecified atom stereocenters. The second-order valence-electron chi connectivity index (χ2n) is 13.0. The van der Waals surface area contributed by atoms with E-state index < -0.39 is 0 Å². The summed E-state index contributed by atoms with van der Waals surface area (Å²) in [5.74, 6) is 0.607. The molecule has 5 nitrogen and oxygen atoms in total. The van der Waals surface area contributed by atoms with Gasteiger partial charge in [-0.1, -0.05) is 133 Å². The molecule has 0 saturated carbocycles. The normalized spacial score (nSPS) is 11.4. The average Bonchev–Trinajstić information content (AvgIpc) is 3.75. The Kier molecular flexibility index (Phi) is 6.80. The number of fused-ring (bicyclic) bond motifs is 7. The van der Waals surface area contributed by atoms with E-state index in [1.807, 2.05) is 42.5 Å². The fourth-order valence-electron chi connectivity index (χ4n) is 7.56. The quantitative estimate of drug-likeness (QED) is 0.184. The van der Waals surface area contributed by atoms with Crippen LogP contribution in [0.4, 0.5) is 0 Å². The van der Waals surface area contributed by atoms with Crippen LogP contribution in [0.3, 0.4) is 0 Å². The summed E-state index contributed by atoms with van der Waals surface area (Å²) >= 11 is 0. The van der Waals surface area contributed by atoms with Gasteiger partial charge in [0.05, 0.1) is 45.1 Å². The first-order valence-corrected chi connectivity index (χ1v) is 17.3. The van der Waals surface area contributed by atoms with Crippen LogP contribution in [-0.4, -0.2) is 19.1 Å². The third-order valence-corrected chi connectivity index (χ3v) is 9.99. The van der Waals surface area contributed by atoms with E-state index in [4.69, 9.17) is 9.97 Å². The topological polar surface area (TPSA) is 59.4 Å². The second-order valence-corrected chi connectivity index (χ2v) is 13.0. The molecule has 0 aliphatic carbocycles. The molecule has 3 heterocycles. The molecule has 10 aromatic rings. The average molecular weight is 664 g/mol. The van der Waals surface area contributed by atoms with Gasteiger partial charge in [0.25, 0.3) is 0 Å². The van der Waals surface area contributed by atoms with Gasteiger partial charge in [-0.15, -0.1) is 0 Å². The molecule has 5 heteroatoms. The third kappa shape index (κ3) is 4.70. The van der Waals surface area contributed by atoms with Crippen LogP contribution < -0.4 is 0 Å². The van der Waals surface area contributed by atoms with Crippen molar-refractivity contribution in [3.8, 4) is 51.3 Å². The number of nitrogens with zero attached hydrogens (tertiary/aromatic N) is 5. The van der Waals surface area contributed by atoms with E-state index in [1.165, 1.54) is 10.8 Å². The number of aromatic nitrogens is 4. The van der Waals surface area contributed by atoms with Gasteiger partial charge in [-0.05, 0) is 53.6 Å². The van der Waals surface area contributed by atoms with Crippen molar-refractivity contribution in [2.24, 2.45) is 0 Å². The zero-order chi connectivity index (χ0) is 34.6. The molecule has 0 radical (unpaired) electrons. The van der Waals surface area contributed by atoms with E-state index in [9.17, 15) is 5.26 Å². The minimum atomic E-state index is 0.607. The summed E-state index contributed by atoms with van der Waals surface area (Å²) in [5.41, 5.74) is 11.9. The Bertz CT molecular complexity index is 2990. The Morgan fingerprint density at radius 1 is 0.404 bits per heavy atom. The molecule has 0 spiro atoms. The Morgan fingerprint density at radius 3 is 1.46 bits per heavy atom. The molecule has 0 N–H and O–H groups in total. The van der Waals surface area contributed by atoms with E-state index in [0.717, 1.165) is 72.2 Å². The van der Waals surface area contributed by atoms with E-state index >= 15 is 0 Å². The van der Waals surface area contributed by atoms with Crippen molar-refractivity contribution in [3.63, 3.8) is 0 Å². The first kappa shape index (κ1) is 29.6. The van der Waals surface area contributed by atoms with E-state index in [0.29, 0.717) is 11.5 Å². The van der Waals surface area contributed by atoms with Gasteiger partial charge in [-0.25, -0.2) is 9.97 Å². The van der Waals surface area contributed by atoms with Crippen molar-refractivity contribution in [1.82, 2.24) is 19.1 Å². The Labute approximate surface area is 299 Å². The van der Waals surface area contributed by atoms with Crippen LogP contribution in [0.25, 0.3) is 88.9 Å². The van der Waals surface area contributed by atoms with Gasteiger partial charge in [-0.3, -0.25) is 4.57 Å². The maximum Gasteiger partial charge on any atom is 0.235 e. The molecule has 0 fully saturated rings. The summed E-state index contributed by atoms with van der Waals surface area (Å²) in [5, 5.41) is 13.9. The Hall–Kier alpha value is -7.29. The summed E-state index contributed by atoms with van der Waals surface area (Å²) in [6, 6.07) is 63.0. The monoisotopic (exact) mass is 663 g/mol. The van der Waals surface area contributed by atoms with Crippen molar-refractivity contribution in [2.45, 2.75) is 0 Å². The molecule has 7 aromatic carbocycles. The lowest BCUT2D eigenvalue weighted by molar-refractivity contribution is 0.995. The number of nitriles is 1. The van der Waals surface area contributed by atoms with Crippen LogP contribution in [0.15, 0.2) is 176 Å². The molecule has 0 aliphatic heterocycles. The summed E-state index contributed by atoms with van der Waals surface area (Å²) in [6.07, 6.45) is 0.